The molecule has 1 saturated heterocycles. The Balaban J connectivity index is 1.44. The summed E-state index contributed by atoms with van der Waals surface area (Å²) in [7, 11) is 0. The summed E-state index contributed by atoms with van der Waals surface area (Å²) in [6.45, 7) is 0.533. The SMILES string of the molecule is O=C(C1CC1)N1[C@@H]2CC[C@H](C2)[C@H]1COc1ccc(F)cc1. The molecule has 4 heteroatoms. The van der Waals surface area contributed by atoms with Crippen molar-refractivity contribution < 1.29 is 13.9 Å². The van der Waals surface area contributed by atoms with Crippen molar-refractivity contribution in [3.05, 3.63) is 30.1 Å². The average molecular weight is 289 g/mol. The fourth-order valence-electron chi connectivity index (χ4n) is 3.90. The molecule has 4 rings (SSSR count). The number of amides is 1. The number of hydrogen-bond acceptors (Lipinski definition) is 2. The van der Waals surface area contributed by atoms with E-state index in [4.69, 9.17) is 4.74 Å². The highest BCUT2D eigenvalue weighted by atomic mass is 19.1. The molecule has 112 valence electrons. The Hall–Kier alpha value is -1.58. The second-order valence-corrected chi connectivity index (χ2v) is 6.58. The van der Waals surface area contributed by atoms with E-state index in [-0.39, 0.29) is 17.8 Å². The van der Waals surface area contributed by atoms with E-state index in [1.54, 1.807) is 12.1 Å². The second-order valence-electron chi connectivity index (χ2n) is 6.58. The molecule has 0 aromatic heterocycles. The Morgan fingerprint density at radius 3 is 2.67 bits per heavy atom. The Morgan fingerprint density at radius 2 is 1.95 bits per heavy atom. The molecule has 1 aromatic rings. The van der Waals surface area contributed by atoms with Crippen molar-refractivity contribution in [1.82, 2.24) is 4.90 Å². The van der Waals surface area contributed by atoms with Crippen LogP contribution in [0.15, 0.2) is 24.3 Å². The van der Waals surface area contributed by atoms with Crippen LogP contribution in [0.25, 0.3) is 0 Å². The molecule has 1 heterocycles. The number of fused-ring (bicyclic) bond motifs is 2. The molecule has 3 atom stereocenters. The van der Waals surface area contributed by atoms with E-state index < -0.39 is 0 Å². The molecule has 1 amide bonds. The van der Waals surface area contributed by atoms with Crippen molar-refractivity contribution >= 4 is 5.91 Å². The molecule has 21 heavy (non-hydrogen) atoms. The van der Waals surface area contributed by atoms with Crippen LogP contribution in [0.2, 0.25) is 0 Å². The molecule has 2 saturated carbocycles. The van der Waals surface area contributed by atoms with Crippen LogP contribution in [0.4, 0.5) is 4.39 Å². The standard InChI is InChI=1S/C17H20FNO2/c18-13-4-7-15(8-5-13)21-10-16-12-3-6-14(9-12)19(16)17(20)11-1-2-11/h4-5,7-8,11-12,14,16H,1-3,6,9-10H2/t12-,14-,16-/m1/s1. The highest BCUT2D eigenvalue weighted by molar-refractivity contribution is 5.82. The molecule has 0 spiro atoms. The minimum atomic E-state index is -0.257. The van der Waals surface area contributed by atoms with Crippen LogP contribution >= 0.6 is 0 Å². The van der Waals surface area contributed by atoms with Crippen LogP contribution in [0, 0.1) is 17.7 Å². The third-order valence-electron chi connectivity index (χ3n) is 5.16. The summed E-state index contributed by atoms with van der Waals surface area (Å²) >= 11 is 0. The first kappa shape index (κ1) is 13.1. The number of carbonyl (C=O) groups excluding carboxylic acids is 1. The van der Waals surface area contributed by atoms with Crippen LogP contribution in [-0.4, -0.2) is 29.5 Å². The van der Waals surface area contributed by atoms with Gasteiger partial charge in [-0.3, -0.25) is 4.79 Å². The zero-order valence-corrected chi connectivity index (χ0v) is 12.0. The smallest absolute Gasteiger partial charge is 0.226 e. The van der Waals surface area contributed by atoms with Crippen molar-refractivity contribution in [1.29, 1.82) is 0 Å². The van der Waals surface area contributed by atoms with Crippen molar-refractivity contribution in [3.8, 4) is 5.75 Å². The van der Waals surface area contributed by atoms with Gasteiger partial charge in [0.2, 0.25) is 5.91 Å². The molecule has 3 nitrogen and oxygen atoms in total. The number of likely N-dealkylation sites (tertiary alicyclic amines) is 1. The number of halogens is 1. The first-order chi connectivity index (χ1) is 10.2. The van der Waals surface area contributed by atoms with Gasteiger partial charge in [-0.25, -0.2) is 4.39 Å². The van der Waals surface area contributed by atoms with Crippen molar-refractivity contribution in [2.75, 3.05) is 6.61 Å². The first-order valence-corrected chi connectivity index (χ1v) is 7.93. The van der Waals surface area contributed by atoms with Crippen LogP contribution in [0.1, 0.15) is 32.1 Å². The Morgan fingerprint density at radius 1 is 1.19 bits per heavy atom. The number of ether oxygens (including phenoxy) is 1. The maximum atomic E-state index is 12.9. The normalized spacial score (nSPS) is 30.7. The topological polar surface area (TPSA) is 29.5 Å². The van der Waals surface area contributed by atoms with Gasteiger partial charge in [0, 0.05) is 12.0 Å². The van der Waals surface area contributed by atoms with E-state index >= 15 is 0 Å². The quantitative estimate of drug-likeness (QED) is 0.853. The Bertz CT molecular complexity index is 540. The van der Waals surface area contributed by atoms with Crippen molar-refractivity contribution in [3.63, 3.8) is 0 Å². The van der Waals surface area contributed by atoms with E-state index in [1.165, 1.54) is 18.6 Å². The zero-order valence-electron chi connectivity index (χ0n) is 12.0. The van der Waals surface area contributed by atoms with Gasteiger partial charge in [0.1, 0.15) is 18.2 Å². The van der Waals surface area contributed by atoms with E-state index in [1.807, 2.05) is 0 Å². The number of nitrogens with zero attached hydrogens (tertiary/aromatic N) is 1. The van der Waals surface area contributed by atoms with Gasteiger partial charge < -0.3 is 9.64 Å². The molecule has 0 unspecified atom stereocenters. The molecule has 3 aliphatic rings. The van der Waals surface area contributed by atoms with Gasteiger partial charge >= 0.3 is 0 Å². The van der Waals surface area contributed by atoms with E-state index in [0.717, 1.165) is 25.7 Å². The fraction of sp³-hybridized carbons (Fsp3) is 0.588. The summed E-state index contributed by atoms with van der Waals surface area (Å²) in [6.07, 6.45) is 5.60. The van der Waals surface area contributed by atoms with E-state index in [2.05, 4.69) is 4.90 Å². The number of piperidine rings is 1. The van der Waals surface area contributed by atoms with Gasteiger partial charge in [0.15, 0.2) is 0 Å². The third kappa shape index (κ3) is 2.41. The number of hydrogen-bond donors (Lipinski definition) is 0. The van der Waals surface area contributed by atoms with Crippen LogP contribution in [0.5, 0.6) is 5.75 Å². The van der Waals surface area contributed by atoms with Gasteiger partial charge in [-0.15, -0.1) is 0 Å². The highest BCUT2D eigenvalue weighted by Gasteiger charge is 2.50. The van der Waals surface area contributed by atoms with Crippen LogP contribution in [-0.2, 0) is 4.79 Å². The van der Waals surface area contributed by atoms with Gasteiger partial charge in [0.05, 0.1) is 6.04 Å². The summed E-state index contributed by atoms with van der Waals surface area (Å²) < 4.78 is 18.7. The number of rotatable bonds is 4. The Kier molecular flexibility index (Phi) is 3.12. The molecule has 1 aliphatic heterocycles. The molecule has 0 radical (unpaired) electrons. The first-order valence-electron chi connectivity index (χ1n) is 7.93. The minimum absolute atomic E-state index is 0.210. The summed E-state index contributed by atoms with van der Waals surface area (Å²) in [5, 5.41) is 0. The fourth-order valence-corrected chi connectivity index (χ4v) is 3.90. The molecular formula is C17H20FNO2. The number of carbonyl (C=O) groups is 1. The zero-order chi connectivity index (χ0) is 14.4. The van der Waals surface area contributed by atoms with Gasteiger partial charge in [-0.1, -0.05) is 0 Å². The van der Waals surface area contributed by atoms with E-state index in [0.29, 0.717) is 30.2 Å². The van der Waals surface area contributed by atoms with Gasteiger partial charge in [-0.05, 0) is 62.3 Å². The van der Waals surface area contributed by atoms with Gasteiger partial charge in [-0.2, -0.15) is 0 Å². The highest BCUT2D eigenvalue weighted by Crippen LogP contribution is 2.45. The predicted molar refractivity (Wildman–Crippen MR) is 76.4 cm³/mol. The molecule has 1 aromatic carbocycles. The molecule has 3 fully saturated rings. The van der Waals surface area contributed by atoms with Crippen molar-refractivity contribution in [2.45, 2.75) is 44.2 Å². The minimum Gasteiger partial charge on any atom is -0.491 e. The lowest BCUT2D eigenvalue weighted by atomic mass is 9.99. The lowest BCUT2D eigenvalue weighted by Crippen LogP contribution is -2.48. The largest absolute Gasteiger partial charge is 0.491 e. The summed E-state index contributed by atoms with van der Waals surface area (Å²) in [5.74, 6) is 1.62. The molecule has 2 aliphatic carbocycles. The predicted octanol–water partition coefficient (Wildman–Crippen LogP) is 2.99. The third-order valence-corrected chi connectivity index (χ3v) is 5.16. The molecule has 2 bridgehead atoms. The van der Waals surface area contributed by atoms with E-state index in [9.17, 15) is 9.18 Å². The maximum absolute atomic E-state index is 12.9. The van der Waals surface area contributed by atoms with Crippen LogP contribution in [0.3, 0.4) is 0 Å². The maximum Gasteiger partial charge on any atom is 0.226 e. The Labute approximate surface area is 124 Å². The summed E-state index contributed by atoms with van der Waals surface area (Å²) in [6, 6.07) is 6.75. The summed E-state index contributed by atoms with van der Waals surface area (Å²) in [4.78, 5) is 14.6. The molecule has 0 N–H and O–H groups in total. The van der Waals surface area contributed by atoms with Crippen LogP contribution < -0.4 is 4.74 Å². The lowest BCUT2D eigenvalue weighted by Gasteiger charge is -2.35. The number of benzene rings is 1. The van der Waals surface area contributed by atoms with Gasteiger partial charge in [0.25, 0.3) is 0 Å². The van der Waals surface area contributed by atoms with Crippen molar-refractivity contribution in [2.24, 2.45) is 11.8 Å². The average Bonchev–Trinajstić information content (AvgIpc) is 3.16. The lowest BCUT2D eigenvalue weighted by molar-refractivity contribution is -0.137. The summed E-state index contributed by atoms with van der Waals surface area (Å²) in [5.41, 5.74) is 0. The second kappa shape index (κ2) is 5.00. The monoisotopic (exact) mass is 289 g/mol. The molecular weight excluding hydrogens is 269 g/mol.